The van der Waals surface area contributed by atoms with E-state index in [4.69, 9.17) is 0 Å². The Morgan fingerprint density at radius 2 is 1.06 bits per heavy atom. The largest absolute Gasteiger partial charge is 0.573 e. The molecule has 1 heterocycles. The van der Waals surface area contributed by atoms with Crippen molar-refractivity contribution in [3.8, 4) is 33.8 Å². The van der Waals surface area contributed by atoms with Crippen LogP contribution >= 0.6 is 0 Å². The lowest BCUT2D eigenvalue weighted by molar-refractivity contribution is -0.383. The van der Waals surface area contributed by atoms with Crippen LogP contribution in [0.15, 0.2) is 60.9 Å². The lowest BCUT2D eigenvalue weighted by Gasteiger charge is -2.11. The van der Waals surface area contributed by atoms with Gasteiger partial charge >= 0.3 is 12.7 Å². The van der Waals surface area contributed by atoms with Gasteiger partial charge in [-0.2, -0.15) is 0 Å². The standard InChI is InChI=1S/C19H10F6N2O4/c20-18(21,22)30-13-5-1-11(2-6-13)15-9-26-10-16(17(15)27(28)29)12-3-7-14(8-4-12)31-19(23,24)25/h1-10H. The summed E-state index contributed by atoms with van der Waals surface area (Å²) in [5.74, 6) is -1.02. The second-order valence-corrected chi connectivity index (χ2v) is 5.98. The van der Waals surface area contributed by atoms with Crippen molar-refractivity contribution in [1.29, 1.82) is 0 Å². The van der Waals surface area contributed by atoms with Gasteiger partial charge in [-0.05, 0) is 35.4 Å². The Balaban J connectivity index is 2.00. The number of rotatable bonds is 5. The first-order valence-corrected chi connectivity index (χ1v) is 8.28. The molecule has 31 heavy (non-hydrogen) atoms. The van der Waals surface area contributed by atoms with Gasteiger partial charge in [0.2, 0.25) is 0 Å². The predicted molar refractivity (Wildman–Crippen MR) is 95.1 cm³/mol. The monoisotopic (exact) mass is 444 g/mol. The third-order valence-electron chi connectivity index (χ3n) is 3.90. The highest BCUT2D eigenvalue weighted by atomic mass is 19.4. The highest BCUT2D eigenvalue weighted by Crippen LogP contribution is 2.39. The van der Waals surface area contributed by atoms with Crippen molar-refractivity contribution in [2.75, 3.05) is 0 Å². The van der Waals surface area contributed by atoms with Crippen LogP contribution in [0.5, 0.6) is 11.5 Å². The SMILES string of the molecule is O=[N+]([O-])c1c(-c2ccc(OC(F)(F)F)cc2)cncc1-c1ccc(OC(F)(F)F)cc1. The molecule has 0 radical (unpaired) electrons. The maximum atomic E-state index is 12.3. The third kappa shape index (κ3) is 5.62. The Bertz CT molecular complexity index is 1000. The second kappa shape index (κ2) is 8.13. The summed E-state index contributed by atoms with van der Waals surface area (Å²) < 4.78 is 81.3. The molecule has 0 aliphatic rings. The van der Waals surface area contributed by atoms with Crippen molar-refractivity contribution < 1.29 is 40.7 Å². The Hall–Kier alpha value is -3.83. The van der Waals surface area contributed by atoms with Crippen LogP contribution < -0.4 is 9.47 Å². The fourth-order valence-corrected chi connectivity index (χ4v) is 2.75. The number of nitrogens with zero attached hydrogens (tertiary/aromatic N) is 2. The van der Waals surface area contributed by atoms with Crippen molar-refractivity contribution in [2.24, 2.45) is 0 Å². The van der Waals surface area contributed by atoms with Crippen LogP contribution in [0, 0.1) is 10.1 Å². The van der Waals surface area contributed by atoms with Crippen LogP contribution in [0.4, 0.5) is 32.0 Å². The first kappa shape index (κ1) is 21.9. The maximum Gasteiger partial charge on any atom is 0.573 e. The Morgan fingerprint density at radius 1 is 0.710 bits per heavy atom. The fraction of sp³-hybridized carbons (Fsp3) is 0.105. The molecule has 0 bridgehead atoms. The van der Waals surface area contributed by atoms with Crippen molar-refractivity contribution in [2.45, 2.75) is 12.7 Å². The first-order valence-electron chi connectivity index (χ1n) is 8.28. The van der Waals surface area contributed by atoms with Gasteiger partial charge in [0.15, 0.2) is 0 Å². The van der Waals surface area contributed by atoms with Crippen molar-refractivity contribution in [3.63, 3.8) is 0 Å². The molecule has 3 rings (SSSR count). The lowest BCUT2D eigenvalue weighted by atomic mass is 9.99. The van der Waals surface area contributed by atoms with E-state index in [9.17, 15) is 36.5 Å². The summed E-state index contributed by atoms with van der Waals surface area (Å²) in [6, 6.07) is 8.71. The van der Waals surface area contributed by atoms with Crippen LogP contribution in [-0.2, 0) is 0 Å². The van der Waals surface area contributed by atoms with Gasteiger partial charge in [-0.15, -0.1) is 26.3 Å². The van der Waals surface area contributed by atoms with Gasteiger partial charge < -0.3 is 9.47 Å². The number of nitro groups is 1. The normalized spacial score (nSPS) is 11.8. The fourth-order valence-electron chi connectivity index (χ4n) is 2.75. The average Bonchev–Trinajstić information content (AvgIpc) is 2.66. The van der Waals surface area contributed by atoms with Gasteiger partial charge in [0.25, 0.3) is 5.69 Å². The predicted octanol–water partition coefficient (Wildman–Crippen LogP) is 6.12. The number of hydrogen-bond donors (Lipinski definition) is 0. The molecule has 6 nitrogen and oxygen atoms in total. The lowest BCUT2D eigenvalue weighted by Crippen LogP contribution is -2.16. The topological polar surface area (TPSA) is 74.5 Å². The summed E-state index contributed by atoms with van der Waals surface area (Å²) in [5.41, 5.74) is -0.0578. The number of benzene rings is 2. The van der Waals surface area contributed by atoms with E-state index >= 15 is 0 Å². The number of halogens is 6. The van der Waals surface area contributed by atoms with Gasteiger partial charge in [-0.25, -0.2) is 0 Å². The molecule has 162 valence electrons. The van der Waals surface area contributed by atoms with Crippen LogP contribution in [0.25, 0.3) is 22.3 Å². The van der Waals surface area contributed by atoms with Gasteiger partial charge in [0.1, 0.15) is 11.5 Å². The molecular formula is C19H10F6N2O4. The van der Waals surface area contributed by atoms with E-state index in [2.05, 4.69) is 14.5 Å². The molecule has 2 aromatic carbocycles. The molecule has 1 aromatic heterocycles. The van der Waals surface area contributed by atoms with E-state index < -0.39 is 34.8 Å². The zero-order valence-corrected chi connectivity index (χ0v) is 15.1. The van der Waals surface area contributed by atoms with E-state index in [-0.39, 0.29) is 22.3 Å². The molecule has 0 saturated heterocycles. The molecule has 12 heteroatoms. The highest BCUT2D eigenvalue weighted by Gasteiger charge is 2.32. The van der Waals surface area contributed by atoms with Crippen LogP contribution in [0.3, 0.4) is 0 Å². The minimum atomic E-state index is -4.89. The van der Waals surface area contributed by atoms with E-state index in [1.54, 1.807) is 0 Å². The summed E-state index contributed by atoms with van der Waals surface area (Å²) in [7, 11) is 0. The second-order valence-electron chi connectivity index (χ2n) is 5.98. The highest BCUT2D eigenvalue weighted by molar-refractivity contribution is 5.85. The smallest absolute Gasteiger partial charge is 0.406 e. The minimum Gasteiger partial charge on any atom is -0.406 e. The van der Waals surface area contributed by atoms with Gasteiger partial charge in [-0.1, -0.05) is 24.3 Å². The van der Waals surface area contributed by atoms with E-state index in [0.717, 1.165) is 36.7 Å². The number of aromatic nitrogens is 1. The molecule has 0 atom stereocenters. The summed E-state index contributed by atoms with van der Waals surface area (Å²) in [5, 5.41) is 11.7. The Morgan fingerprint density at radius 3 is 1.35 bits per heavy atom. The first-order chi connectivity index (χ1) is 14.4. The van der Waals surface area contributed by atoms with Crippen molar-refractivity contribution in [3.05, 3.63) is 71.0 Å². The van der Waals surface area contributed by atoms with E-state index in [1.807, 2.05) is 0 Å². The molecule has 0 aliphatic carbocycles. The van der Waals surface area contributed by atoms with Gasteiger partial charge in [-0.3, -0.25) is 15.1 Å². The third-order valence-corrected chi connectivity index (χ3v) is 3.90. The molecule has 0 amide bonds. The molecule has 3 aromatic rings. The van der Waals surface area contributed by atoms with E-state index in [1.165, 1.54) is 24.3 Å². The van der Waals surface area contributed by atoms with Gasteiger partial charge in [0, 0.05) is 12.4 Å². The zero-order chi connectivity index (χ0) is 22.8. The minimum absolute atomic E-state index is 0.00308. The molecule has 0 N–H and O–H groups in total. The van der Waals surface area contributed by atoms with E-state index in [0.29, 0.717) is 0 Å². The maximum absolute atomic E-state index is 12.3. The molecule has 0 unspecified atom stereocenters. The van der Waals surface area contributed by atoms with Crippen molar-refractivity contribution in [1.82, 2.24) is 4.98 Å². The zero-order valence-electron chi connectivity index (χ0n) is 15.1. The van der Waals surface area contributed by atoms with Crippen LogP contribution in [0.1, 0.15) is 0 Å². The number of hydrogen-bond acceptors (Lipinski definition) is 5. The van der Waals surface area contributed by atoms with Crippen LogP contribution in [-0.4, -0.2) is 22.6 Å². The number of pyridine rings is 1. The Kier molecular flexibility index (Phi) is 5.73. The summed E-state index contributed by atoms with van der Waals surface area (Å²) in [6.45, 7) is 0. The molecule has 0 aliphatic heterocycles. The van der Waals surface area contributed by atoms with Crippen LogP contribution in [0.2, 0.25) is 0 Å². The number of ether oxygens (including phenoxy) is 2. The molecule has 0 fully saturated rings. The molecule has 0 saturated carbocycles. The average molecular weight is 444 g/mol. The molecular weight excluding hydrogens is 434 g/mol. The summed E-state index contributed by atoms with van der Waals surface area (Å²) in [4.78, 5) is 14.9. The Labute approximate surface area is 169 Å². The van der Waals surface area contributed by atoms with Gasteiger partial charge in [0.05, 0.1) is 16.1 Å². The summed E-state index contributed by atoms with van der Waals surface area (Å²) >= 11 is 0. The summed E-state index contributed by atoms with van der Waals surface area (Å²) in [6.07, 6.45) is -7.47. The van der Waals surface area contributed by atoms with Crippen molar-refractivity contribution >= 4 is 5.69 Å². The quantitative estimate of drug-likeness (QED) is 0.269. The molecule has 0 spiro atoms. The number of alkyl halides is 6.